The molecule has 1 aromatic carbocycles. The van der Waals surface area contributed by atoms with Crippen molar-refractivity contribution in [3.63, 3.8) is 0 Å². The Morgan fingerprint density at radius 3 is 1.71 bits per heavy atom. The predicted octanol–water partition coefficient (Wildman–Crippen LogP) is 2.72. The smallest absolute Gasteiger partial charge is 0.200 e. The van der Waals surface area contributed by atoms with Crippen LogP contribution in [0.4, 0.5) is 22.0 Å². The molecule has 2 N–H and O–H groups in total. The molecule has 7 heteroatoms. The van der Waals surface area contributed by atoms with Gasteiger partial charge in [-0.05, 0) is 6.92 Å². The lowest BCUT2D eigenvalue weighted by Gasteiger charge is -1.96. The van der Waals surface area contributed by atoms with Gasteiger partial charge >= 0.3 is 0 Å². The quantitative estimate of drug-likeness (QED) is 0.348. The first kappa shape index (κ1) is 17.8. The summed E-state index contributed by atoms with van der Waals surface area (Å²) < 4.78 is 64.6. The number of benzene rings is 1. The lowest BCUT2D eigenvalue weighted by atomic mass is 10.3. The third kappa shape index (κ3) is 5.30. The van der Waals surface area contributed by atoms with E-state index in [4.69, 9.17) is 0 Å². The zero-order valence-electron chi connectivity index (χ0n) is 8.87. The van der Waals surface area contributed by atoms with E-state index < -0.39 is 29.1 Å². The zero-order valence-corrected chi connectivity index (χ0v) is 8.87. The summed E-state index contributed by atoms with van der Waals surface area (Å²) in [5.74, 6) is -9.65. The highest BCUT2D eigenvalue weighted by Gasteiger charge is 2.18. The molecule has 0 aliphatic rings. The summed E-state index contributed by atoms with van der Waals surface area (Å²) in [7, 11) is 0. The Kier molecular flexibility index (Phi) is 8.89. The Morgan fingerprint density at radius 2 is 1.47 bits per heavy atom. The molecule has 1 rings (SSSR count). The van der Waals surface area contributed by atoms with Crippen molar-refractivity contribution in [3.05, 3.63) is 48.0 Å². The highest BCUT2D eigenvalue weighted by Crippen LogP contribution is 2.16. The largest absolute Gasteiger partial charge is 0.502 e. The van der Waals surface area contributed by atoms with E-state index in [9.17, 15) is 22.0 Å². The average Bonchev–Trinajstić information content (AvgIpc) is 2.26. The minimum absolute atomic E-state index is 0. The first-order valence-electron chi connectivity index (χ1n) is 4.16. The van der Waals surface area contributed by atoms with Crippen LogP contribution in [0, 0.1) is 29.1 Å². The van der Waals surface area contributed by atoms with Crippen LogP contribution in [0.25, 0.3) is 0 Å². The summed E-state index contributed by atoms with van der Waals surface area (Å²) in [6, 6.07) is -0.0618. The van der Waals surface area contributed by atoms with Crippen molar-refractivity contribution in [1.29, 1.82) is 0 Å². The summed E-state index contributed by atoms with van der Waals surface area (Å²) in [5.41, 5.74) is 0. The van der Waals surface area contributed by atoms with Gasteiger partial charge in [0.15, 0.2) is 23.3 Å². The van der Waals surface area contributed by atoms with Crippen LogP contribution in [0.15, 0.2) is 18.9 Å². The zero-order chi connectivity index (χ0) is 12.7. The van der Waals surface area contributed by atoms with E-state index in [2.05, 4.69) is 11.3 Å². The molecule has 1 aromatic rings. The van der Waals surface area contributed by atoms with Gasteiger partial charge in [0, 0.05) is 6.07 Å². The molecule has 2 nitrogen and oxygen atoms in total. The van der Waals surface area contributed by atoms with Crippen molar-refractivity contribution in [1.82, 2.24) is 0 Å². The van der Waals surface area contributed by atoms with E-state index in [0.29, 0.717) is 0 Å². The molecule has 0 aromatic heterocycles. The van der Waals surface area contributed by atoms with Gasteiger partial charge in [-0.2, -0.15) is 0 Å². The normalized spacial score (nSPS) is 8.59. The average molecular weight is 258 g/mol. The Balaban J connectivity index is 0. The van der Waals surface area contributed by atoms with Crippen LogP contribution in [0.3, 0.4) is 0 Å². The summed E-state index contributed by atoms with van der Waals surface area (Å²) in [6.07, 6.45) is 1.43. The molecule has 0 heterocycles. The molecule has 0 amide bonds. The van der Waals surface area contributed by atoms with E-state index in [1.807, 2.05) is 6.92 Å². The molecule has 0 saturated heterocycles. The molecular formula is C10H11F5O2. The fraction of sp³-hybridized carbons (Fsp3) is 0.200. The summed E-state index contributed by atoms with van der Waals surface area (Å²) in [4.78, 5) is 0. The second-order valence-electron chi connectivity index (χ2n) is 2.40. The van der Waals surface area contributed by atoms with Crippen LogP contribution in [-0.2, 0) is 4.74 Å². The van der Waals surface area contributed by atoms with Gasteiger partial charge in [0.05, 0.1) is 12.9 Å². The Labute approximate surface area is 94.6 Å². The number of hydrogen-bond acceptors (Lipinski definition) is 1. The first-order chi connectivity index (χ1) is 7.45. The molecular weight excluding hydrogens is 247 g/mol. The number of hydrogen-bond donors (Lipinski definition) is 0. The topological polar surface area (TPSA) is 40.7 Å². The molecule has 98 valence electrons. The fourth-order valence-corrected chi connectivity index (χ4v) is 0.662. The van der Waals surface area contributed by atoms with E-state index in [1.54, 1.807) is 0 Å². The Bertz CT molecular complexity index is 342. The van der Waals surface area contributed by atoms with Gasteiger partial charge in [-0.3, -0.25) is 0 Å². The molecule has 0 unspecified atom stereocenters. The van der Waals surface area contributed by atoms with Gasteiger partial charge in [-0.25, -0.2) is 22.0 Å². The fourth-order valence-electron chi connectivity index (χ4n) is 0.662. The minimum Gasteiger partial charge on any atom is -0.502 e. The van der Waals surface area contributed by atoms with Gasteiger partial charge in [0.25, 0.3) is 0 Å². The van der Waals surface area contributed by atoms with Gasteiger partial charge in [0.1, 0.15) is 0 Å². The van der Waals surface area contributed by atoms with Crippen molar-refractivity contribution >= 4 is 0 Å². The van der Waals surface area contributed by atoms with Gasteiger partial charge in [0.2, 0.25) is 5.82 Å². The maximum atomic E-state index is 12.0. The van der Waals surface area contributed by atoms with Crippen molar-refractivity contribution in [3.8, 4) is 0 Å². The molecule has 0 radical (unpaired) electrons. The number of rotatable bonds is 2. The van der Waals surface area contributed by atoms with Gasteiger partial charge in [-0.1, -0.05) is 6.58 Å². The molecule has 0 aliphatic carbocycles. The molecule has 17 heavy (non-hydrogen) atoms. The molecule has 0 saturated carbocycles. The monoisotopic (exact) mass is 258 g/mol. The summed E-state index contributed by atoms with van der Waals surface area (Å²) in [5, 5.41) is 0. The Hall–Kier alpha value is -1.63. The number of ether oxygens (including phenoxy) is 1. The number of halogens is 5. The van der Waals surface area contributed by atoms with Crippen molar-refractivity contribution in [2.24, 2.45) is 0 Å². The van der Waals surface area contributed by atoms with Crippen LogP contribution in [0.5, 0.6) is 0 Å². The first-order valence-corrected chi connectivity index (χ1v) is 4.16. The highest BCUT2D eigenvalue weighted by atomic mass is 19.2. The van der Waals surface area contributed by atoms with Crippen molar-refractivity contribution in [2.75, 3.05) is 6.61 Å². The lowest BCUT2D eigenvalue weighted by molar-refractivity contribution is 0.270. The maximum absolute atomic E-state index is 12.0. The molecule has 0 spiro atoms. The van der Waals surface area contributed by atoms with E-state index in [0.717, 1.165) is 6.61 Å². The van der Waals surface area contributed by atoms with Crippen LogP contribution in [-0.4, -0.2) is 12.1 Å². The Morgan fingerprint density at radius 1 is 1.06 bits per heavy atom. The molecule has 0 fully saturated rings. The second kappa shape index (κ2) is 8.51. The van der Waals surface area contributed by atoms with E-state index in [1.165, 1.54) is 6.26 Å². The predicted molar refractivity (Wildman–Crippen MR) is 51.7 cm³/mol. The van der Waals surface area contributed by atoms with E-state index in [-0.39, 0.29) is 11.5 Å². The third-order valence-corrected chi connectivity index (χ3v) is 1.34. The summed E-state index contributed by atoms with van der Waals surface area (Å²) in [6.45, 7) is 5.97. The summed E-state index contributed by atoms with van der Waals surface area (Å²) >= 11 is 0. The van der Waals surface area contributed by atoms with Crippen molar-refractivity contribution < 1.29 is 32.2 Å². The standard InChI is InChI=1S/C6HF5.C4H8O.H2O/c7-2-1-3(8)5(10)6(11)4(2)9;1-3-5-4-2;/h1H;3H,1,4H2,2H3;1H2. The highest BCUT2D eigenvalue weighted by molar-refractivity contribution is 5.12. The van der Waals surface area contributed by atoms with Crippen LogP contribution < -0.4 is 0 Å². The molecule has 0 atom stereocenters. The van der Waals surface area contributed by atoms with Crippen molar-refractivity contribution in [2.45, 2.75) is 6.92 Å². The van der Waals surface area contributed by atoms with Crippen LogP contribution in [0.1, 0.15) is 6.92 Å². The van der Waals surface area contributed by atoms with Gasteiger partial charge in [-0.15, -0.1) is 0 Å². The molecule has 0 bridgehead atoms. The van der Waals surface area contributed by atoms with Crippen LogP contribution >= 0.6 is 0 Å². The maximum Gasteiger partial charge on any atom is 0.200 e. The van der Waals surface area contributed by atoms with E-state index >= 15 is 0 Å². The second-order valence-corrected chi connectivity index (χ2v) is 2.40. The van der Waals surface area contributed by atoms with Crippen LogP contribution in [0.2, 0.25) is 0 Å². The minimum atomic E-state index is -2.14. The third-order valence-electron chi connectivity index (χ3n) is 1.34. The van der Waals surface area contributed by atoms with Gasteiger partial charge < -0.3 is 10.2 Å². The SMILES string of the molecule is C=COCC.Fc1cc(F)c(F)c(F)c1F.O. The lowest BCUT2D eigenvalue weighted by Crippen LogP contribution is -1.98. The molecule has 0 aliphatic heterocycles.